The Morgan fingerprint density at radius 3 is 2.70 bits per heavy atom. The largest absolute Gasteiger partial charge is 0.506 e. The lowest BCUT2D eigenvalue weighted by atomic mass is 9.88. The summed E-state index contributed by atoms with van der Waals surface area (Å²) in [5.74, 6) is 0.376. The highest BCUT2D eigenvalue weighted by Gasteiger charge is 2.28. The van der Waals surface area contributed by atoms with Gasteiger partial charge in [0, 0.05) is 47.8 Å². The van der Waals surface area contributed by atoms with Gasteiger partial charge in [-0.05, 0) is 76.5 Å². The van der Waals surface area contributed by atoms with Gasteiger partial charge in [-0.15, -0.1) is 0 Å². The normalized spacial score (nSPS) is 15.6. The quantitative estimate of drug-likeness (QED) is 0.490. The van der Waals surface area contributed by atoms with Gasteiger partial charge in [0.1, 0.15) is 5.75 Å². The predicted octanol–water partition coefficient (Wildman–Crippen LogP) is 5.36. The molecular formula is C26H23BrClN3O2. The van der Waals surface area contributed by atoms with Crippen molar-refractivity contribution in [2.24, 2.45) is 0 Å². The van der Waals surface area contributed by atoms with Crippen LogP contribution in [-0.2, 0) is 24.1 Å². The van der Waals surface area contributed by atoms with Crippen molar-refractivity contribution in [3.8, 4) is 5.75 Å². The van der Waals surface area contributed by atoms with E-state index >= 15 is 0 Å². The van der Waals surface area contributed by atoms with Crippen LogP contribution in [0, 0.1) is 0 Å². The molecule has 1 aliphatic heterocycles. The van der Waals surface area contributed by atoms with Crippen molar-refractivity contribution in [1.82, 2.24) is 14.9 Å². The van der Waals surface area contributed by atoms with Gasteiger partial charge in [-0.3, -0.25) is 14.8 Å². The molecule has 1 N–H and O–H groups in total. The van der Waals surface area contributed by atoms with Crippen molar-refractivity contribution in [2.75, 3.05) is 13.1 Å². The Morgan fingerprint density at radius 1 is 1.12 bits per heavy atom. The molecule has 1 amide bonds. The van der Waals surface area contributed by atoms with E-state index in [1.807, 2.05) is 29.2 Å². The van der Waals surface area contributed by atoms with Gasteiger partial charge in [0.2, 0.25) is 5.91 Å². The van der Waals surface area contributed by atoms with Gasteiger partial charge in [0.25, 0.3) is 0 Å². The maximum Gasteiger partial charge on any atom is 0.227 e. The summed E-state index contributed by atoms with van der Waals surface area (Å²) in [6.45, 7) is 1.33. The number of likely N-dealkylation sites (tertiary alicyclic amines) is 1. The van der Waals surface area contributed by atoms with Crippen LogP contribution in [0.1, 0.15) is 40.8 Å². The molecule has 0 atom stereocenters. The zero-order valence-electron chi connectivity index (χ0n) is 18.0. The van der Waals surface area contributed by atoms with Gasteiger partial charge in [-0.2, -0.15) is 0 Å². The third-order valence-corrected chi connectivity index (χ3v) is 7.29. The predicted molar refractivity (Wildman–Crippen MR) is 132 cm³/mol. The molecule has 3 heterocycles. The first-order chi connectivity index (χ1) is 16.0. The highest BCUT2D eigenvalue weighted by atomic mass is 79.9. The van der Waals surface area contributed by atoms with Crippen LogP contribution >= 0.6 is 27.5 Å². The number of aryl methyl sites for hydroxylation is 1. The molecule has 1 aliphatic carbocycles. The molecule has 5 rings (SSSR count). The molecular weight excluding hydrogens is 502 g/mol. The number of piperidine rings is 1. The number of fused-ring (bicyclic) bond motifs is 2. The molecule has 7 heteroatoms. The second kappa shape index (κ2) is 9.27. The first-order valence-electron chi connectivity index (χ1n) is 11.1. The SMILES string of the molecule is O=C(Cc1cccnc1)N1CCC(=C2c3ccc(Cl)cc3CCc3c2ncc(Br)c3O)CC1. The lowest BCUT2D eigenvalue weighted by Gasteiger charge is -2.30. The van der Waals surface area contributed by atoms with Gasteiger partial charge < -0.3 is 10.0 Å². The van der Waals surface area contributed by atoms with Crippen LogP contribution in [0.25, 0.3) is 5.57 Å². The number of hydrogen-bond donors (Lipinski definition) is 1. The molecule has 2 aromatic heterocycles. The number of carbonyl (C=O) groups is 1. The van der Waals surface area contributed by atoms with Crippen molar-refractivity contribution < 1.29 is 9.90 Å². The number of carbonyl (C=O) groups excluding carboxylic acids is 1. The van der Waals surface area contributed by atoms with Crippen LogP contribution in [0.4, 0.5) is 0 Å². The number of rotatable bonds is 2. The van der Waals surface area contributed by atoms with Gasteiger partial charge >= 0.3 is 0 Å². The van der Waals surface area contributed by atoms with Crippen LogP contribution in [0.5, 0.6) is 5.75 Å². The van der Waals surface area contributed by atoms with Crippen molar-refractivity contribution >= 4 is 39.0 Å². The van der Waals surface area contributed by atoms with E-state index in [2.05, 4.69) is 27.0 Å². The number of pyridine rings is 2. The number of halogens is 2. The van der Waals surface area contributed by atoms with E-state index in [-0.39, 0.29) is 11.7 Å². The van der Waals surface area contributed by atoms with E-state index < -0.39 is 0 Å². The Bertz CT molecular complexity index is 1250. The molecule has 0 spiro atoms. The second-order valence-corrected chi connectivity index (χ2v) is 9.77. The molecule has 0 unspecified atom stereocenters. The first-order valence-corrected chi connectivity index (χ1v) is 12.2. The Kier molecular flexibility index (Phi) is 6.21. The molecule has 1 fully saturated rings. The fourth-order valence-corrected chi connectivity index (χ4v) is 5.33. The minimum Gasteiger partial charge on any atom is -0.506 e. The molecule has 1 aromatic carbocycles. The number of benzene rings is 1. The standard InChI is InChI=1S/C26H23BrClN3O2/c27-22-15-30-25-21(26(22)33)5-3-18-13-19(28)4-6-20(18)24(25)17-7-10-31(11-8-17)23(32)12-16-2-1-9-29-14-16/h1-2,4,6,9,13-15H,3,5,7-8,10-12H2,(H,30,33). The lowest BCUT2D eigenvalue weighted by Crippen LogP contribution is -2.37. The number of amides is 1. The lowest BCUT2D eigenvalue weighted by molar-refractivity contribution is -0.130. The fourth-order valence-electron chi connectivity index (χ4n) is 4.79. The molecule has 0 radical (unpaired) electrons. The highest BCUT2D eigenvalue weighted by Crippen LogP contribution is 2.42. The van der Waals surface area contributed by atoms with Crippen LogP contribution in [0.15, 0.2) is 59.0 Å². The molecule has 2 aliphatic rings. The van der Waals surface area contributed by atoms with Crippen molar-refractivity contribution in [3.63, 3.8) is 0 Å². The average molecular weight is 525 g/mol. The van der Waals surface area contributed by atoms with Crippen molar-refractivity contribution in [1.29, 1.82) is 0 Å². The summed E-state index contributed by atoms with van der Waals surface area (Å²) in [6.07, 6.45) is 8.51. The summed E-state index contributed by atoms with van der Waals surface area (Å²) in [7, 11) is 0. The second-order valence-electron chi connectivity index (χ2n) is 8.48. The van der Waals surface area contributed by atoms with E-state index in [0.717, 1.165) is 52.8 Å². The van der Waals surface area contributed by atoms with Crippen LogP contribution in [0.3, 0.4) is 0 Å². The molecule has 3 aromatic rings. The average Bonchev–Trinajstić information content (AvgIpc) is 2.99. The van der Waals surface area contributed by atoms with Crippen molar-refractivity contribution in [2.45, 2.75) is 32.1 Å². The summed E-state index contributed by atoms with van der Waals surface area (Å²) < 4.78 is 0.602. The first kappa shape index (κ1) is 22.1. The van der Waals surface area contributed by atoms with Crippen LogP contribution in [-0.4, -0.2) is 39.0 Å². The maximum absolute atomic E-state index is 12.8. The third-order valence-electron chi connectivity index (χ3n) is 6.47. The number of aromatic hydroxyl groups is 1. The number of nitrogens with zero attached hydrogens (tertiary/aromatic N) is 3. The Balaban J connectivity index is 1.49. The summed E-state index contributed by atoms with van der Waals surface area (Å²) in [6, 6.07) is 9.79. The monoisotopic (exact) mass is 523 g/mol. The van der Waals surface area contributed by atoms with E-state index in [4.69, 9.17) is 16.6 Å². The maximum atomic E-state index is 12.8. The van der Waals surface area contributed by atoms with E-state index in [1.54, 1.807) is 18.6 Å². The topological polar surface area (TPSA) is 66.3 Å². The van der Waals surface area contributed by atoms with Gasteiger partial charge in [0.15, 0.2) is 0 Å². The van der Waals surface area contributed by atoms with E-state index in [1.165, 1.54) is 5.57 Å². The van der Waals surface area contributed by atoms with E-state index in [0.29, 0.717) is 35.4 Å². The Labute approximate surface area is 206 Å². The summed E-state index contributed by atoms with van der Waals surface area (Å²) in [5, 5.41) is 11.5. The summed E-state index contributed by atoms with van der Waals surface area (Å²) in [4.78, 5) is 23.6. The third kappa shape index (κ3) is 4.42. The Morgan fingerprint density at radius 2 is 1.94 bits per heavy atom. The number of hydrogen-bond acceptors (Lipinski definition) is 4. The van der Waals surface area contributed by atoms with Crippen molar-refractivity contribution in [3.05, 3.63) is 91.9 Å². The minimum atomic E-state index is 0.125. The summed E-state index contributed by atoms with van der Waals surface area (Å²) in [5.41, 5.74) is 7.25. The molecule has 33 heavy (non-hydrogen) atoms. The smallest absolute Gasteiger partial charge is 0.227 e. The van der Waals surface area contributed by atoms with Gasteiger partial charge in [-0.25, -0.2) is 0 Å². The van der Waals surface area contributed by atoms with Crippen LogP contribution in [0.2, 0.25) is 5.02 Å². The number of aromatic nitrogens is 2. The molecule has 0 bridgehead atoms. The minimum absolute atomic E-state index is 0.125. The van der Waals surface area contributed by atoms with E-state index in [9.17, 15) is 9.90 Å². The van der Waals surface area contributed by atoms with Gasteiger partial charge in [-0.1, -0.05) is 29.3 Å². The van der Waals surface area contributed by atoms with Gasteiger partial charge in [0.05, 0.1) is 16.6 Å². The molecule has 5 nitrogen and oxygen atoms in total. The highest BCUT2D eigenvalue weighted by molar-refractivity contribution is 9.10. The molecule has 0 saturated carbocycles. The van der Waals surface area contributed by atoms with Crippen LogP contribution < -0.4 is 0 Å². The Hall–Kier alpha value is -2.70. The fraction of sp³-hybridized carbons (Fsp3) is 0.269. The summed E-state index contributed by atoms with van der Waals surface area (Å²) >= 11 is 9.73. The zero-order valence-corrected chi connectivity index (χ0v) is 20.4. The molecule has 168 valence electrons. The molecule has 1 saturated heterocycles. The zero-order chi connectivity index (χ0) is 22.9.